The van der Waals surface area contributed by atoms with Crippen LogP contribution in [0.5, 0.6) is 0 Å². The summed E-state index contributed by atoms with van der Waals surface area (Å²) in [6, 6.07) is 4.07. The van der Waals surface area contributed by atoms with Gasteiger partial charge in [-0.05, 0) is 37.5 Å². The van der Waals surface area contributed by atoms with Crippen LogP contribution in [0.3, 0.4) is 0 Å². The third-order valence-corrected chi connectivity index (χ3v) is 5.41. The highest BCUT2D eigenvalue weighted by Gasteiger charge is 2.27. The summed E-state index contributed by atoms with van der Waals surface area (Å²) in [4.78, 5) is 4.45. The summed E-state index contributed by atoms with van der Waals surface area (Å²) in [5, 5.41) is 3.21. The Morgan fingerprint density at radius 3 is 2.90 bits per heavy atom. The van der Waals surface area contributed by atoms with E-state index in [0.717, 1.165) is 22.2 Å². The van der Waals surface area contributed by atoms with Crippen LogP contribution in [0.1, 0.15) is 23.4 Å². The zero-order valence-electron chi connectivity index (χ0n) is 11.6. The predicted octanol–water partition coefficient (Wildman–Crippen LogP) is 1.72. The van der Waals surface area contributed by atoms with E-state index in [2.05, 4.69) is 16.4 Å². The van der Waals surface area contributed by atoms with Gasteiger partial charge in [-0.15, -0.1) is 0 Å². The van der Waals surface area contributed by atoms with Crippen molar-refractivity contribution < 1.29 is 12.8 Å². The van der Waals surface area contributed by atoms with Crippen molar-refractivity contribution in [2.75, 3.05) is 11.5 Å². The van der Waals surface area contributed by atoms with Gasteiger partial charge in [0.05, 0.1) is 18.1 Å². The van der Waals surface area contributed by atoms with Crippen LogP contribution < -0.4 is 5.32 Å². The van der Waals surface area contributed by atoms with Crippen molar-refractivity contribution in [3.05, 3.63) is 29.2 Å². The molecule has 2 aromatic rings. The van der Waals surface area contributed by atoms with Gasteiger partial charge in [0, 0.05) is 6.04 Å². The summed E-state index contributed by atoms with van der Waals surface area (Å²) in [5.74, 6) is 1.10. The van der Waals surface area contributed by atoms with E-state index in [1.807, 2.05) is 19.9 Å². The van der Waals surface area contributed by atoms with Crippen molar-refractivity contribution >= 4 is 20.9 Å². The number of fused-ring (bicyclic) bond motifs is 1. The van der Waals surface area contributed by atoms with E-state index >= 15 is 0 Å². The molecule has 6 heteroatoms. The van der Waals surface area contributed by atoms with E-state index < -0.39 is 9.84 Å². The van der Waals surface area contributed by atoms with Crippen molar-refractivity contribution in [3.63, 3.8) is 0 Å². The average molecular weight is 294 g/mol. The Morgan fingerprint density at radius 1 is 1.40 bits per heavy atom. The first-order chi connectivity index (χ1) is 9.43. The molecule has 0 saturated carbocycles. The van der Waals surface area contributed by atoms with E-state index in [4.69, 9.17) is 4.42 Å². The first-order valence-electron chi connectivity index (χ1n) is 6.73. The molecule has 1 unspecified atom stereocenters. The Balaban J connectivity index is 1.74. The van der Waals surface area contributed by atoms with E-state index in [-0.39, 0.29) is 17.5 Å². The molecule has 1 fully saturated rings. The number of oxazole rings is 1. The molecular weight excluding hydrogens is 276 g/mol. The van der Waals surface area contributed by atoms with Gasteiger partial charge < -0.3 is 9.73 Å². The molecular formula is C14H18N2O3S. The molecule has 1 saturated heterocycles. The summed E-state index contributed by atoms with van der Waals surface area (Å²) >= 11 is 0. The number of sulfone groups is 1. The summed E-state index contributed by atoms with van der Waals surface area (Å²) in [6.45, 7) is 4.50. The summed E-state index contributed by atoms with van der Waals surface area (Å²) in [5.41, 5.74) is 3.90. The van der Waals surface area contributed by atoms with Crippen LogP contribution in [0.4, 0.5) is 0 Å². The molecule has 1 aromatic carbocycles. The van der Waals surface area contributed by atoms with Crippen LogP contribution in [-0.4, -0.2) is 30.9 Å². The summed E-state index contributed by atoms with van der Waals surface area (Å²) in [7, 11) is -2.85. The Bertz CT molecular complexity index is 749. The number of hydrogen-bond acceptors (Lipinski definition) is 5. The Hall–Kier alpha value is -1.40. The largest absolute Gasteiger partial charge is 0.439 e. The number of nitrogens with zero attached hydrogens (tertiary/aromatic N) is 1. The van der Waals surface area contributed by atoms with Crippen molar-refractivity contribution in [2.24, 2.45) is 0 Å². The molecule has 1 N–H and O–H groups in total. The molecule has 0 bridgehead atoms. The van der Waals surface area contributed by atoms with Gasteiger partial charge in [0.25, 0.3) is 0 Å². The van der Waals surface area contributed by atoms with Crippen LogP contribution in [0.25, 0.3) is 11.1 Å². The molecule has 1 atom stereocenters. The second kappa shape index (κ2) is 4.86. The van der Waals surface area contributed by atoms with Gasteiger partial charge in [0.1, 0.15) is 5.52 Å². The topological polar surface area (TPSA) is 72.2 Å². The van der Waals surface area contributed by atoms with Crippen LogP contribution in [0, 0.1) is 13.8 Å². The minimum absolute atomic E-state index is 0.0119. The van der Waals surface area contributed by atoms with Gasteiger partial charge in [-0.1, -0.05) is 6.07 Å². The molecule has 2 heterocycles. The van der Waals surface area contributed by atoms with Gasteiger partial charge >= 0.3 is 0 Å². The Morgan fingerprint density at radius 2 is 2.20 bits per heavy atom. The Labute approximate surface area is 118 Å². The van der Waals surface area contributed by atoms with Crippen molar-refractivity contribution in [2.45, 2.75) is 32.9 Å². The second-order valence-corrected chi connectivity index (χ2v) is 7.75. The number of nitrogens with one attached hydrogen (secondary N) is 1. The monoisotopic (exact) mass is 294 g/mol. The molecule has 0 spiro atoms. The number of aryl methyl sites for hydroxylation is 2. The lowest BCUT2D eigenvalue weighted by atomic mass is 10.1. The lowest BCUT2D eigenvalue weighted by Gasteiger charge is -2.07. The normalized spacial score (nSPS) is 21.6. The van der Waals surface area contributed by atoms with Crippen LogP contribution in [0.15, 0.2) is 16.5 Å². The average Bonchev–Trinajstić information content (AvgIpc) is 2.90. The highest BCUT2D eigenvalue weighted by Crippen LogP contribution is 2.21. The maximum Gasteiger partial charge on any atom is 0.209 e. The predicted molar refractivity (Wildman–Crippen MR) is 77.4 cm³/mol. The van der Waals surface area contributed by atoms with Crippen LogP contribution >= 0.6 is 0 Å². The smallest absolute Gasteiger partial charge is 0.209 e. The van der Waals surface area contributed by atoms with Crippen LogP contribution in [-0.2, 0) is 16.4 Å². The second-order valence-electron chi connectivity index (χ2n) is 5.52. The molecule has 3 rings (SSSR count). The van der Waals surface area contributed by atoms with Crippen molar-refractivity contribution in [1.29, 1.82) is 0 Å². The first-order valence-corrected chi connectivity index (χ1v) is 8.55. The SMILES string of the molecule is Cc1cc(C)c2oc(CNC3CCS(=O)(=O)C3)nc2c1. The fourth-order valence-electron chi connectivity index (χ4n) is 2.69. The minimum Gasteiger partial charge on any atom is -0.439 e. The van der Waals surface area contributed by atoms with E-state index in [1.165, 1.54) is 0 Å². The molecule has 0 amide bonds. The maximum atomic E-state index is 11.4. The molecule has 1 aliphatic rings. The zero-order valence-corrected chi connectivity index (χ0v) is 12.5. The molecule has 108 valence electrons. The van der Waals surface area contributed by atoms with Crippen molar-refractivity contribution in [1.82, 2.24) is 10.3 Å². The van der Waals surface area contributed by atoms with Crippen LogP contribution in [0.2, 0.25) is 0 Å². The lowest BCUT2D eigenvalue weighted by molar-refractivity contribution is 0.462. The standard InChI is InChI=1S/C14H18N2O3S/c1-9-5-10(2)14-12(6-9)16-13(19-14)7-15-11-3-4-20(17,18)8-11/h5-6,11,15H,3-4,7-8H2,1-2H3. The first kappa shape index (κ1) is 13.6. The molecule has 0 radical (unpaired) electrons. The lowest BCUT2D eigenvalue weighted by Crippen LogP contribution is -2.29. The molecule has 0 aliphatic carbocycles. The number of rotatable bonds is 3. The van der Waals surface area contributed by atoms with Crippen molar-refractivity contribution in [3.8, 4) is 0 Å². The number of aromatic nitrogens is 1. The summed E-state index contributed by atoms with van der Waals surface area (Å²) < 4.78 is 28.5. The fraction of sp³-hybridized carbons (Fsp3) is 0.500. The number of benzene rings is 1. The van der Waals surface area contributed by atoms with Gasteiger partial charge in [0.2, 0.25) is 5.89 Å². The highest BCUT2D eigenvalue weighted by atomic mass is 32.2. The van der Waals surface area contributed by atoms with Gasteiger partial charge in [-0.3, -0.25) is 0 Å². The third kappa shape index (κ3) is 2.71. The van der Waals surface area contributed by atoms with E-state index in [1.54, 1.807) is 0 Å². The quantitative estimate of drug-likeness (QED) is 0.933. The third-order valence-electron chi connectivity index (χ3n) is 3.64. The van der Waals surface area contributed by atoms with Gasteiger partial charge in [-0.25, -0.2) is 13.4 Å². The van der Waals surface area contributed by atoms with Gasteiger partial charge in [0.15, 0.2) is 15.4 Å². The molecule has 20 heavy (non-hydrogen) atoms. The molecule has 1 aliphatic heterocycles. The Kier molecular flexibility index (Phi) is 3.30. The zero-order chi connectivity index (χ0) is 14.3. The molecule has 1 aromatic heterocycles. The minimum atomic E-state index is -2.85. The van der Waals surface area contributed by atoms with E-state index in [9.17, 15) is 8.42 Å². The fourth-order valence-corrected chi connectivity index (χ4v) is 4.39. The van der Waals surface area contributed by atoms with E-state index in [0.29, 0.717) is 18.9 Å². The maximum absolute atomic E-state index is 11.4. The molecule has 5 nitrogen and oxygen atoms in total. The summed E-state index contributed by atoms with van der Waals surface area (Å²) in [6.07, 6.45) is 0.667. The highest BCUT2D eigenvalue weighted by molar-refractivity contribution is 7.91. The number of hydrogen-bond donors (Lipinski definition) is 1. The van der Waals surface area contributed by atoms with Gasteiger partial charge in [-0.2, -0.15) is 0 Å².